The van der Waals surface area contributed by atoms with E-state index in [-0.39, 0.29) is 5.91 Å². The highest BCUT2D eigenvalue weighted by Gasteiger charge is 2.12. The highest BCUT2D eigenvalue weighted by atomic mass is 16.3. The van der Waals surface area contributed by atoms with Crippen molar-refractivity contribution in [2.24, 2.45) is 0 Å². The molecule has 7 nitrogen and oxygen atoms in total. The number of amides is 1. The van der Waals surface area contributed by atoms with E-state index in [0.29, 0.717) is 31.1 Å². The highest BCUT2D eigenvalue weighted by Crippen LogP contribution is 2.13. The third kappa shape index (κ3) is 3.73. The molecule has 2 N–H and O–H groups in total. The molecule has 3 heterocycles. The number of nitrogens with one attached hydrogen (secondary N) is 2. The molecule has 0 saturated carbocycles. The van der Waals surface area contributed by atoms with E-state index in [2.05, 4.69) is 38.9 Å². The van der Waals surface area contributed by atoms with E-state index in [0.717, 1.165) is 17.3 Å². The minimum Gasteiger partial charge on any atom is -0.469 e. The number of aromatic amines is 1. The monoisotopic (exact) mass is 327 g/mol. The second kappa shape index (κ2) is 7.16. The first-order chi connectivity index (χ1) is 11.6. The van der Waals surface area contributed by atoms with Gasteiger partial charge in [-0.05, 0) is 18.2 Å². The van der Waals surface area contributed by atoms with Crippen molar-refractivity contribution >= 4 is 5.91 Å². The quantitative estimate of drug-likeness (QED) is 0.697. The van der Waals surface area contributed by atoms with Crippen molar-refractivity contribution in [3.05, 3.63) is 59.8 Å². The minimum atomic E-state index is -0.196. The van der Waals surface area contributed by atoms with Crippen LogP contribution in [0.1, 0.15) is 47.5 Å². The normalized spacial score (nSPS) is 11.1. The molecule has 0 fully saturated rings. The summed E-state index contributed by atoms with van der Waals surface area (Å²) in [5, 5.41) is 9.85. The van der Waals surface area contributed by atoms with Gasteiger partial charge >= 0.3 is 0 Å². The van der Waals surface area contributed by atoms with Crippen LogP contribution >= 0.6 is 0 Å². The molecule has 0 bridgehead atoms. The molecule has 0 aliphatic carbocycles. The van der Waals surface area contributed by atoms with Crippen molar-refractivity contribution in [3.63, 3.8) is 0 Å². The van der Waals surface area contributed by atoms with Crippen molar-refractivity contribution < 1.29 is 9.21 Å². The van der Waals surface area contributed by atoms with Gasteiger partial charge in [-0.15, -0.1) is 0 Å². The van der Waals surface area contributed by atoms with Gasteiger partial charge in [0.05, 0.1) is 18.5 Å². The van der Waals surface area contributed by atoms with Crippen molar-refractivity contribution in [1.29, 1.82) is 0 Å². The molecule has 3 aromatic rings. The molecule has 0 unspecified atom stereocenters. The Morgan fingerprint density at radius 2 is 2.33 bits per heavy atom. The molecule has 0 spiro atoms. The van der Waals surface area contributed by atoms with E-state index >= 15 is 0 Å². The van der Waals surface area contributed by atoms with Gasteiger partial charge in [0.15, 0.2) is 0 Å². The second-order valence-electron chi connectivity index (χ2n) is 5.93. The van der Waals surface area contributed by atoms with Crippen LogP contribution < -0.4 is 5.32 Å². The largest absolute Gasteiger partial charge is 0.469 e. The number of carbonyl (C=O) groups is 1. The Kier molecular flexibility index (Phi) is 4.79. The Labute approximate surface area is 140 Å². The molecule has 126 valence electrons. The van der Waals surface area contributed by atoms with Gasteiger partial charge in [0.25, 0.3) is 5.91 Å². The summed E-state index contributed by atoms with van der Waals surface area (Å²) in [5.74, 6) is 2.00. The lowest BCUT2D eigenvalue weighted by Gasteiger charge is -2.08. The Morgan fingerprint density at radius 1 is 1.46 bits per heavy atom. The van der Waals surface area contributed by atoms with Crippen LogP contribution in [-0.4, -0.2) is 32.2 Å². The van der Waals surface area contributed by atoms with Crippen LogP contribution in [0.2, 0.25) is 0 Å². The van der Waals surface area contributed by atoms with Crippen molar-refractivity contribution in [3.8, 4) is 0 Å². The Balaban J connectivity index is 1.56. The van der Waals surface area contributed by atoms with Crippen LogP contribution in [0.25, 0.3) is 0 Å². The smallest absolute Gasteiger partial charge is 0.271 e. The van der Waals surface area contributed by atoms with E-state index in [4.69, 9.17) is 4.42 Å². The van der Waals surface area contributed by atoms with Crippen LogP contribution in [-0.2, 0) is 13.0 Å². The number of aromatic nitrogens is 4. The fraction of sp³-hybridized carbons (Fsp3) is 0.353. The zero-order valence-electron chi connectivity index (χ0n) is 13.8. The number of hydrogen-bond acceptors (Lipinski definition) is 4. The van der Waals surface area contributed by atoms with Gasteiger partial charge in [-0.25, -0.2) is 4.98 Å². The lowest BCUT2D eigenvalue weighted by Crippen LogP contribution is -2.25. The Bertz CT molecular complexity index is 786. The lowest BCUT2D eigenvalue weighted by molar-refractivity contribution is 0.0948. The molecule has 0 aliphatic rings. The fourth-order valence-electron chi connectivity index (χ4n) is 2.54. The molecule has 0 radical (unpaired) electrons. The van der Waals surface area contributed by atoms with Crippen LogP contribution in [0.4, 0.5) is 0 Å². The van der Waals surface area contributed by atoms with Crippen LogP contribution in [0.15, 0.2) is 41.3 Å². The summed E-state index contributed by atoms with van der Waals surface area (Å²) in [6.45, 7) is 5.32. The first-order valence-corrected chi connectivity index (χ1v) is 7.99. The second-order valence-corrected chi connectivity index (χ2v) is 5.93. The lowest BCUT2D eigenvalue weighted by atomic mass is 10.2. The molecule has 3 aromatic heterocycles. The Hall–Kier alpha value is -2.83. The molecule has 7 heteroatoms. The molecule has 24 heavy (non-hydrogen) atoms. The third-order valence-electron chi connectivity index (χ3n) is 3.71. The molecule has 0 atom stereocenters. The van der Waals surface area contributed by atoms with E-state index in [9.17, 15) is 4.79 Å². The summed E-state index contributed by atoms with van der Waals surface area (Å²) in [5.41, 5.74) is 1.25. The average Bonchev–Trinajstić information content (AvgIpc) is 3.28. The number of furan rings is 1. The summed E-state index contributed by atoms with van der Waals surface area (Å²) in [6.07, 6.45) is 5.99. The Morgan fingerprint density at radius 3 is 3.08 bits per heavy atom. The average molecular weight is 327 g/mol. The van der Waals surface area contributed by atoms with E-state index in [1.807, 2.05) is 18.3 Å². The van der Waals surface area contributed by atoms with Crippen LogP contribution in [0.5, 0.6) is 0 Å². The number of nitrogens with zero attached hydrogens (tertiary/aromatic N) is 3. The molecular formula is C17H21N5O2. The summed E-state index contributed by atoms with van der Waals surface area (Å²) in [7, 11) is 0. The summed E-state index contributed by atoms with van der Waals surface area (Å²) in [6, 6.07) is 5.49. The predicted molar refractivity (Wildman–Crippen MR) is 88.8 cm³/mol. The molecule has 1 amide bonds. The first kappa shape index (κ1) is 16.0. The standard InChI is InChI=1S/C17H21N5O2/c1-12(2)16-18-7-8-22(16)11-13-10-15(21-20-13)17(23)19-6-5-14-4-3-9-24-14/h3-4,7-10,12H,5-6,11H2,1-2H3,(H,19,23)(H,20,21). The summed E-state index contributed by atoms with van der Waals surface area (Å²) in [4.78, 5) is 16.5. The molecule has 0 aromatic carbocycles. The number of rotatable bonds is 7. The zero-order chi connectivity index (χ0) is 16.9. The van der Waals surface area contributed by atoms with Gasteiger partial charge in [-0.1, -0.05) is 13.8 Å². The maximum atomic E-state index is 12.1. The number of imidazole rings is 1. The molecule has 0 aliphatic heterocycles. The number of carbonyl (C=O) groups excluding carboxylic acids is 1. The van der Waals surface area contributed by atoms with Crippen LogP contribution in [0, 0.1) is 0 Å². The summed E-state index contributed by atoms with van der Waals surface area (Å²) < 4.78 is 7.28. The summed E-state index contributed by atoms with van der Waals surface area (Å²) >= 11 is 0. The molecular weight excluding hydrogens is 306 g/mol. The predicted octanol–water partition coefficient (Wildman–Crippen LogP) is 2.34. The number of H-pyrrole nitrogens is 1. The van der Waals surface area contributed by atoms with E-state index < -0.39 is 0 Å². The van der Waals surface area contributed by atoms with Gasteiger partial charge in [-0.3, -0.25) is 9.89 Å². The van der Waals surface area contributed by atoms with Crippen molar-refractivity contribution in [2.75, 3.05) is 6.54 Å². The third-order valence-corrected chi connectivity index (χ3v) is 3.71. The van der Waals surface area contributed by atoms with Gasteiger partial charge in [0, 0.05) is 31.3 Å². The van der Waals surface area contributed by atoms with Gasteiger partial charge in [-0.2, -0.15) is 5.10 Å². The molecule has 0 saturated heterocycles. The van der Waals surface area contributed by atoms with Crippen molar-refractivity contribution in [2.45, 2.75) is 32.7 Å². The van der Waals surface area contributed by atoms with E-state index in [1.54, 1.807) is 18.5 Å². The van der Waals surface area contributed by atoms with Gasteiger partial charge in [0.1, 0.15) is 17.3 Å². The van der Waals surface area contributed by atoms with Crippen LogP contribution in [0.3, 0.4) is 0 Å². The van der Waals surface area contributed by atoms with Gasteiger partial charge < -0.3 is 14.3 Å². The number of hydrogen-bond donors (Lipinski definition) is 2. The minimum absolute atomic E-state index is 0.196. The van der Waals surface area contributed by atoms with E-state index in [1.165, 1.54) is 0 Å². The topological polar surface area (TPSA) is 88.7 Å². The maximum absolute atomic E-state index is 12.1. The first-order valence-electron chi connectivity index (χ1n) is 7.99. The zero-order valence-corrected chi connectivity index (χ0v) is 13.8. The highest BCUT2D eigenvalue weighted by molar-refractivity contribution is 5.92. The maximum Gasteiger partial charge on any atom is 0.271 e. The SMILES string of the molecule is CC(C)c1nccn1Cc1cc(C(=O)NCCc2ccco2)n[nH]1. The van der Waals surface area contributed by atoms with Gasteiger partial charge in [0.2, 0.25) is 0 Å². The van der Waals surface area contributed by atoms with Crippen molar-refractivity contribution in [1.82, 2.24) is 25.1 Å². The fourth-order valence-corrected chi connectivity index (χ4v) is 2.54. The molecule has 3 rings (SSSR count).